The zero-order valence-corrected chi connectivity index (χ0v) is 8.84. The number of carbonyl (C=O) groups is 1. The minimum atomic E-state index is 0.405. The van der Waals surface area contributed by atoms with E-state index in [-0.39, 0.29) is 0 Å². The fraction of sp³-hybridized carbons (Fsp3) is 0.273. The van der Waals surface area contributed by atoms with Gasteiger partial charge < -0.3 is 14.1 Å². The molecule has 0 bridgehead atoms. The van der Waals surface area contributed by atoms with Gasteiger partial charge in [0.25, 0.3) is 0 Å². The number of hydrogen-bond donors (Lipinski definition) is 0. The number of anilines is 1. The number of rotatable bonds is 3. The maximum Gasteiger partial charge on any atom is 0.138 e. The predicted octanol–water partition coefficient (Wildman–Crippen LogP) is 1.14. The van der Waals surface area contributed by atoms with Crippen molar-refractivity contribution >= 4 is 17.6 Å². The second kappa shape index (κ2) is 3.73. The van der Waals surface area contributed by atoms with Crippen molar-refractivity contribution in [1.82, 2.24) is 9.38 Å². The minimum absolute atomic E-state index is 0.405. The van der Waals surface area contributed by atoms with E-state index in [2.05, 4.69) is 4.98 Å². The van der Waals surface area contributed by atoms with Crippen LogP contribution in [0.5, 0.6) is 0 Å². The highest BCUT2D eigenvalue weighted by Gasteiger charge is 2.03. The molecule has 0 saturated heterocycles. The lowest BCUT2D eigenvalue weighted by Gasteiger charge is -2.12. The lowest BCUT2D eigenvalue weighted by atomic mass is 10.3. The molecule has 0 unspecified atom stereocenters. The first kappa shape index (κ1) is 9.71. The number of pyridine rings is 1. The Labute approximate surface area is 88.2 Å². The van der Waals surface area contributed by atoms with Gasteiger partial charge in [0.05, 0.1) is 0 Å². The van der Waals surface area contributed by atoms with Crippen molar-refractivity contribution in [3.05, 3.63) is 30.2 Å². The maximum atomic E-state index is 10.4. The van der Waals surface area contributed by atoms with Gasteiger partial charge in [0, 0.05) is 50.4 Å². The van der Waals surface area contributed by atoms with Crippen LogP contribution in [0.2, 0.25) is 0 Å². The molecule has 0 radical (unpaired) electrons. The van der Waals surface area contributed by atoms with Crippen molar-refractivity contribution in [2.24, 2.45) is 0 Å². The van der Waals surface area contributed by atoms with Crippen molar-refractivity contribution < 1.29 is 4.79 Å². The van der Waals surface area contributed by atoms with E-state index in [1.807, 2.05) is 41.7 Å². The zero-order chi connectivity index (χ0) is 10.8. The van der Waals surface area contributed by atoms with Crippen LogP contribution < -0.4 is 4.90 Å². The van der Waals surface area contributed by atoms with E-state index in [1.54, 1.807) is 6.20 Å². The number of carbonyl (C=O) groups excluding carboxylic acids is 1. The van der Waals surface area contributed by atoms with Crippen molar-refractivity contribution in [3.8, 4) is 0 Å². The molecule has 0 aromatic carbocycles. The first-order chi connectivity index (χ1) is 7.22. The fourth-order valence-electron chi connectivity index (χ4n) is 1.54. The quantitative estimate of drug-likeness (QED) is 0.702. The Morgan fingerprint density at radius 2 is 2.33 bits per heavy atom. The van der Waals surface area contributed by atoms with E-state index in [4.69, 9.17) is 0 Å². The molecule has 0 fully saturated rings. The van der Waals surface area contributed by atoms with Crippen LogP contribution in [0.25, 0.3) is 5.65 Å². The molecule has 78 valence electrons. The van der Waals surface area contributed by atoms with Gasteiger partial charge in [-0.1, -0.05) is 0 Å². The van der Waals surface area contributed by atoms with E-state index < -0.39 is 0 Å². The summed E-state index contributed by atoms with van der Waals surface area (Å²) in [5.41, 5.74) is 2.90. The van der Waals surface area contributed by atoms with Gasteiger partial charge in [0.1, 0.15) is 11.9 Å². The summed E-state index contributed by atoms with van der Waals surface area (Å²) >= 11 is 0. The van der Waals surface area contributed by atoms with Crippen LogP contribution in [-0.2, 0) is 11.2 Å². The summed E-state index contributed by atoms with van der Waals surface area (Å²) < 4.78 is 1.93. The first-order valence-corrected chi connectivity index (χ1v) is 4.79. The molecule has 4 nitrogen and oxygen atoms in total. The Morgan fingerprint density at radius 3 is 3.00 bits per heavy atom. The SMILES string of the molecule is CN(C)c1ccn2c(CC=O)cnc2c1. The monoisotopic (exact) mass is 203 g/mol. The Morgan fingerprint density at radius 1 is 1.53 bits per heavy atom. The molecule has 0 spiro atoms. The average Bonchev–Trinajstić information content (AvgIpc) is 2.61. The number of nitrogens with zero attached hydrogens (tertiary/aromatic N) is 3. The van der Waals surface area contributed by atoms with E-state index in [9.17, 15) is 4.79 Å². The average molecular weight is 203 g/mol. The largest absolute Gasteiger partial charge is 0.378 e. The zero-order valence-electron chi connectivity index (χ0n) is 8.84. The van der Waals surface area contributed by atoms with Gasteiger partial charge in [0.15, 0.2) is 0 Å². The topological polar surface area (TPSA) is 37.6 Å². The van der Waals surface area contributed by atoms with Crippen LogP contribution in [0.3, 0.4) is 0 Å². The van der Waals surface area contributed by atoms with Crippen molar-refractivity contribution in [3.63, 3.8) is 0 Å². The van der Waals surface area contributed by atoms with Gasteiger partial charge in [-0.25, -0.2) is 4.98 Å². The third-order valence-electron chi connectivity index (χ3n) is 2.38. The molecule has 0 aliphatic rings. The molecule has 0 aliphatic heterocycles. The van der Waals surface area contributed by atoms with Crippen LogP contribution in [0.15, 0.2) is 24.5 Å². The number of imidazole rings is 1. The molecular formula is C11H13N3O. The van der Waals surface area contributed by atoms with Crippen LogP contribution >= 0.6 is 0 Å². The standard InChI is InChI=1S/C11H13N3O/c1-13(2)9-3-5-14-10(4-6-15)8-12-11(14)7-9/h3,5-8H,4H2,1-2H3. The van der Waals surface area contributed by atoms with Gasteiger partial charge in [-0.2, -0.15) is 0 Å². The molecule has 0 amide bonds. The molecule has 0 aliphatic carbocycles. The van der Waals surface area contributed by atoms with Gasteiger partial charge >= 0.3 is 0 Å². The normalized spacial score (nSPS) is 10.5. The number of hydrogen-bond acceptors (Lipinski definition) is 3. The van der Waals surface area contributed by atoms with Gasteiger partial charge in [-0.05, 0) is 6.07 Å². The van der Waals surface area contributed by atoms with E-state index in [0.717, 1.165) is 23.3 Å². The van der Waals surface area contributed by atoms with Crippen molar-refractivity contribution in [1.29, 1.82) is 0 Å². The molecule has 0 saturated carbocycles. The number of aldehydes is 1. The summed E-state index contributed by atoms with van der Waals surface area (Å²) in [6.07, 6.45) is 4.98. The Bertz CT molecular complexity index is 488. The van der Waals surface area contributed by atoms with Gasteiger partial charge in [0.2, 0.25) is 0 Å². The summed E-state index contributed by atoms with van der Waals surface area (Å²) in [5, 5.41) is 0. The molecule has 15 heavy (non-hydrogen) atoms. The highest BCUT2D eigenvalue weighted by molar-refractivity contribution is 5.59. The number of fused-ring (bicyclic) bond motifs is 1. The van der Waals surface area contributed by atoms with Crippen LogP contribution in [-0.4, -0.2) is 29.8 Å². The molecule has 2 aromatic heterocycles. The third kappa shape index (κ3) is 1.70. The highest BCUT2D eigenvalue weighted by Crippen LogP contribution is 2.15. The molecule has 2 heterocycles. The second-order valence-corrected chi connectivity index (χ2v) is 3.63. The molecule has 4 heteroatoms. The maximum absolute atomic E-state index is 10.4. The summed E-state index contributed by atoms with van der Waals surface area (Å²) in [6, 6.07) is 4.00. The number of aromatic nitrogens is 2. The third-order valence-corrected chi connectivity index (χ3v) is 2.38. The summed E-state index contributed by atoms with van der Waals surface area (Å²) in [6.45, 7) is 0. The van der Waals surface area contributed by atoms with E-state index in [1.165, 1.54) is 0 Å². The van der Waals surface area contributed by atoms with Crippen LogP contribution in [0.1, 0.15) is 5.69 Å². The highest BCUT2D eigenvalue weighted by atomic mass is 16.1. The molecule has 2 aromatic rings. The summed E-state index contributed by atoms with van der Waals surface area (Å²) in [7, 11) is 3.97. The second-order valence-electron chi connectivity index (χ2n) is 3.63. The molecular weight excluding hydrogens is 190 g/mol. The predicted molar refractivity (Wildman–Crippen MR) is 59.3 cm³/mol. The first-order valence-electron chi connectivity index (χ1n) is 4.79. The lowest BCUT2D eigenvalue weighted by Crippen LogP contribution is -2.08. The van der Waals surface area contributed by atoms with Gasteiger partial charge in [-0.3, -0.25) is 0 Å². The molecule has 2 rings (SSSR count). The van der Waals surface area contributed by atoms with E-state index in [0.29, 0.717) is 6.42 Å². The van der Waals surface area contributed by atoms with Crippen LogP contribution in [0.4, 0.5) is 5.69 Å². The Hall–Kier alpha value is -1.84. The Kier molecular flexibility index (Phi) is 2.41. The van der Waals surface area contributed by atoms with Crippen LogP contribution in [0, 0.1) is 0 Å². The molecule has 0 atom stereocenters. The van der Waals surface area contributed by atoms with Crippen molar-refractivity contribution in [2.75, 3.05) is 19.0 Å². The summed E-state index contributed by atoms with van der Waals surface area (Å²) in [4.78, 5) is 16.7. The van der Waals surface area contributed by atoms with E-state index >= 15 is 0 Å². The minimum Gasteiger partial charge on any atom is -0.378 e. The fourth-order valence-corrected chi connectivity index (χ4v) is 1.54. The smallest absolute Gasteiger partial charge is 0.138 e. The lowest BCUT2D eigenvalue weighted by molar-refractivity contribution is -0.107. The van der Waals surface area contributed by atoms with Crippen molar-refractivity contribution in [2.45, 2.75) is 6.42 Å². The van der Waals surface area contributed by atoms with Gasteiger partial charge in [-0.15, -0.1) is 0 Å². The molecule has 0 N–H and O–H groups in total. The Balaban J connectivity index is 2.51. The summed E-state index contributed by atoms with van der Waals surface area (Å²) in [5.74, 6) is 0.